The van der Waals surface area contributed by atoms with Crippen molar-refractivity contribution in [2.24, 2.45) is 5.92 Å². The molecule has 0 saturated carbocycles. The zero-order valence-corrected chi connectivity index (χ0v) is 13.8. The van der Waals surface area contributed by atoms with E-state index in [2.05, 4.69) is 19.2 Å². The third-order valence-corrected chi connectivity index (χ3v) is 3.34. The van der Waals surface area contributed by atoms with Crippen LogP contribution < -0.4 is 5.32 Å². The van der Waals surface area contributed by atoms with Crippen LogP contribution in [0.25, 0.3) is 0 Å². The van der Waals surface area contributed by atoms with Crippen molar-refractivity contribution >= 4 is 11.6 Å². The maximum atomic E-state index is 12.2. The Morgan fingerprint density at radius 2 is 2.14 bits per heavy atom. The minimum Gasteiger partial charge on any atom is -0.351 e. The van der Waals surface area contributed by atoms with Crippen LogP contribution in [-0.2, 0) is 6.54 Å². The van der Waals surface area contributed by atoms with Gasteiger partial charge in [0.15, 0.2) is 0 Å². The van der Waals surface area contributed by atoms with Gasteiger partial charge in [-0.3, -0.25) is 14.9 Å². The van der Waals surface area contributed by atoms with E-state index in [1.807, 2.05) is 19.0 Å². The van der Waals surface area contributed by atoms with E-state index in [0.717, 1.165) is 19.4 Å². The van der Waals surface area contributed by atoms with Crippen molar-refractivity contribution in [1.82, 2.24) is 14.8 Å². The van der Waals surface area contributed by atoms with Gasteiger partial charge in [0.2, 0.25) is 0 Å². The Hall–Kier alpha value is -1.89. The minimum absolute atomic E-state index is 0.0396. The average Bonchev–Trinajstić information content (AvgIpc) is 2.85. The molecule has 1 rings (SSSR count). The van der Waals surface area contributed by atoms with Gasteiger partial charge in [-0.2, -0.15) is 0 Å². The zero-order chi connectivity index (χ0) is 16.7. The molecule has 0 aliphatic carbocycles. The lowest BCUT2D eigenvalue weighted by Crippen LogP contribution is -2.28. The lowest BCUT2D eigenvalue weighted by molar-refractivity contribution is -0.384. The third-order valence-electron chi connectivity index (χ3n) is 3.34. The SMILES string of the molecule is CC(C)CCn1cc([N+](=O)[O-])cc1C(=O)NCCCN(C)C. The maximum absolute atomic E-state index is 12.2. The number of rotatable bonds is 9. The van der Waals surface area contributed by atoms with E-state index in [4.69, 9.17) is 0 Å². The Morgan fingerprint density at radius 3 is 2.68 bits per heavy atom. The first-order valence-corrected chi connectivity index (χ1v) is 7.58. The summed E-state index contributed by atoms with van der Waals surface area (Å²) in [5, 5.41) is 13.7. The number of nitro groups is 1. The van der Waals surface area contributed by atoms with Crippen LogP contribution in [-0.4, -0.2) is 47.5 Å². The van der Waals surface area contributed by atoms with Crippen LogP contribution in [0.15, 0.2) is 12.3 Å². The molecule has 7 heteroatoms. The molecule has 0 atom stereocenters. The highest BCUT2D eigenvalue weighted by molar-refractivity contribution is 5.93. The predicted molar refractivity (Wildman–Crippen MR) is 86.0 cm³/mol. The number of carbonyl (C=O) groups excluding carboxylic acids is 1. The zero-order valence-electron chi connectivity index (χ0n) is 13.8. The van der Waals surface area contributed by atoms with Gasteiger partial charge >= 0.3 is 0 Å². The second-order valence-electron chi connectivity index (χ2n) is 6.13. The Kier molecular flexibility index (Phi) is 7.04. The molecule has 0 saturated heterocycles. The lowest BCUT2D eigenvalue weighted by atomic mass is 10.1. The van der Waals surface area contributed by atoms with Gasteiger partial charge in [0.1, 0.15) is 5.69 Å². The van der Waals surface area contributed by atoms with Crippen LogP contribution in [0.3, 0.4) is 0 Å². The second kappa shape index (κ2) is 8.53. The van der Waals surface area contributed by atoms with Gasteiger partial charge in [0.05, 0.1) is 11.1 Å². The fourth-order valence-electron chi connectivity index (χ4n) is 2.06. The number of aryl methyl sites for hydroxylation is 1. The van der Waals surface area contributed by atoms with E-state index in [-0.39, 0.29) is 11.6 Å². The molecule has 1 aromatic heterocycles. The molecule has 1 N–H and O–H groups in total. The summed E-state index contributed by atoms with van der Waals surface area (Å²) in [6.45, 7) is 6.21. The Balaban J connectivity index is 2.72. The van der Waals surface area contributed by atoms with Crippen molar-refractivity contribution < 1.29 is 9.72 Å². The van der Waals surface area contributed by atoms with Crippen LogP contribution in [0, 0.1) is 16.0 Å². The van der Waals surface area contributed by atoms with Crippen LogP contribution in [0.4, 0.5) is 5.69 Å². The molecule has 0 radical (unpaired) electrons. The summed E-state index contributed by atoms with van der Waals surface area (Å²) in [4.78, 5) is 24.7. The van der Waals surface area contributed by atoms with Gasteiger partial charge in [0.25, 0.3) is 11.6 Å². The van der Waals surface area contributed by atoms with E-state index in [0.29, 0.717) is 24.7 Å². The molecular weight excluding hydrogens is 284 g/mol. The first kappa shape index (κ1) is 18.2. The molecule has 1 heterocycles. The summed E-state index contributed by atoms with van der Waals surface area (Å²) in [7, 11) is 3.95. The van der Waals surface area contributed by atoms with Crippen molar-refractivity contribution in [3.63, 3.8) is 0 Å². The fourth-order valence-corrected chi connectivity index (χ4v) is 2.06. The molecule has 124 valence electrons. The van der Waals surface area contributed by atoms with Crippen LogP contribution in [0.5, 0.6) is 0 Å². The first-order chi connectivity index (χ1) is 10.3. The monoisotopic (exact) mass is 310 g/mol. The van der Waals surface area contributed by atoms with Crippen molar-refractivity contribution in [3.05, 3.63) is 28.1 Å². The summed E-state index contributed by atoms with van der Waals surface area (Å²) in [6, 6.07) is 1.35. The largest absolute Gasteiger partial charge is 0.351 e. The molecule has 1 aromatic rings. The number of amides is 1. The molecule has 0 aliphatic rings. The molecule has 0 aromatic carbocycles. The number of hydrogen-bond acceptors (Lipinski definition) is 4. The Morgan fingerprint density at radius 1 is 1.45 bits per heavy atom. The van der Waals surface area contributed by atoms with Gasteiger partial charge in [0, 0.05) is 19.2 Å². The van der Waals surface area contributed by atoms with Crippen molar-refractivity contribution in [2.75, 3.05) is 27.2 Å². The number of aromatic nitrogens is 1. The molecule has 7 nitrogen and oxygen atoms in total. The van der Waals surface area contributed by atoms with Crippen LogP contribution in [0.1, 0.15) is 37.2 Å². The molecule has 0 aliphatic heterocycles. The summed E-state index contributed by atoms with van der Waals surface area (Å²) >= 11 is 0. The normalized spacial score (nSPS) is 11.2. The summed E-state index contributed by atoms with van der Waals surface area (Å²) in [6.07, 6.45) is 3.15. The van der Waals surface area contributed by atoms with Gasteiger partial charge in [-0.05, 0) is 39.4 Å². The quantitative estimate of drug-likeness (QED) is 0.430. The Bertz CT molecular complexity index is 509. The standard InChI is InChI=1S/C15H26N4O3/c1-12(2)6-9-18-11-13(19(21)22)10-14(18)15(20)16-7-5-8-17(3)4/h10-12H,5-9H2,1-4H3,(H,16,20). The first-order valence-electron chi connectivity index (χ1n) is 7.58. The van der Waals surface area contributed by atoms with Gasteiger partial charge < -0.3 is 14.8 Å². The summed E-state index contributed by atoms with van der Waals surface area (Å²) < 4.78 is 1.68. The van der Waals surface area contributed by atoms with Crippen LogP contribution in [0.2, 0.25) is 0 Å². The van der Waals surface area contributed by atoms with E-state index < -0.39 is 4.92 Å². The average molecular weight is 310 g/mol. The van der Waals surface area contributed by atoms with Crippen LogP contribution >= 0.6 is 0 Å². The molecule has 0 spiro atoms. The molecule has 22 heavy (non-hydrogen) atoms. The van der Waals surface area contributed by atoms with E-state index in [1.54, 1.807) is 4.57 Å². The fraction of sp³-hybridized carbons (Fsp3) is 0.667. The second-order valence-corrected chi connectivity index (χ2v) is 6.13. The van der Waals surface area contributed by atoms with Gasteiger partial charge in [-0.15, -0.1) is 0 Å². The van der Waals surface area contributed by atoms with E-state index in [9.17, 15) is 14.9 Å². The Labute approximate surface area is 131 Å². The minimum atomic E-state index is -0.464. The number of nitrogens with zero attached hydrogens (tertiary/aromatic N) is 3. The lowest BCUT2D eigenvalue weighted by Gasteiger charge is -2.12. The third kappa shape index (κ3) is 5.85. The van der Waals surface area contributed by atoms with Crippen molar-refractivity contribution in [1.29, 1.82) is 0 Å². The number of carbonyl (C=O) groups is 1. The maximum Gasteiger partial charge on any atom is 0.287 e. The smallest absolute Gasteiger partial charge is 0.287 e. The summed E-state index contributed by atoms with van der Waals surface area (Å²) in [5.41, 5.74) is 0.319. The van der Waals surface area contributed by atoms with Gasteiger partial charge in [-0.25, -0.2) is 0 Å². The highest BCUT2D eigenvalue weighted by Crippen LogP contribution is 2.18. The molecular formula is C15H26N4O3. The highest BCUT2D eigenvalue weighted by atomic mass is 16.6. The van der Waals surface area contributed by atoms with Crippen molar-refractivity contribution in [2.45, 2.75) is 33.2 Å². The van der Waals surface area contributed by atoms with Crippen molar-refractivity contribution in [3.8, 4) is 0 Å². The highest BCUT2D eigenvalue weighted by Gasteiger charge is 2.19. The number of nitrogens with one attached hydrogen (secondary N) is 1. The van der Waals surface area contributed by atoms with Gasteiger partial charge in [-0.1, -0.05) is 13.8 Å². The summed E-state index contributed by atoms with van der Waals surface area (Å²) in [5.74, 6) is 0.216. The predicted octanol–water partition coefficient (Wildman–Crippen LogP) is 2.12. The van der Waals surface area contributed by atoms with E-state index in [1.165, 1.54) is 12.3 Å². The molecule has 0 fully saturated rings. The molecule has 0 unspecified atom stereocenters. The van der Waals surface area contributed by atoms with E-state index >= 15 is 0 Å². The molecule has 1 amide bonds. The number of hydrogen-bond donors (Lipinski definition) is 1. The molecule has 0 bridgehead atoms. The topological polar surface area (TPSA) is 80.4 Å².